The van der Waals surface area contributed by atoms with Gasteiger partial charge in [0, 0.05) is 89.5 Å². The minimum atomic E-state index is -1.10. The number of aliphatic carboxylic acids is 5. The summed E-state index contributed by atoms with van der Waals surface area (Å²) < 4.78 is 0. The molecule has 59 heavy (non-hydrogen) atoms. The van der Waals surface area contributed by atoms with Crippen molar-refractivity contribution in [3.05, 3.63) is 29.8 Å². The number of nitrogens with zero attached hydrogens (tertiary/aromatic N) is 4. The lowest BCUT2D eigenvalue weighted by atomic mass is 10.0. The molecule has 22 heteroatoms. The van der Waals surface area contributed by atoms with E-state index in [9.17, 15) is 54.0 Å². The molecule has 2 rings (SSSR count). The molecule has 11 N–H and O–H groups in total. The highest BCUT2D eigenvalue weighted by Gasteiger charge is 2.27. The first-order valence-corrected chi connectivity index (χ1v) is 19.8. The molecule has 1 fully saturated rings. The molecule has 330 valence electrons. The maximum Gasteiger partial charge on any atom is 0.320 e. The van der Waals surface area contributed by atoms with Gasteiger partial charge < -0.3 is 52.5 Å². The maximum atomic E-state index is 12.4. The number of rotatable bonds is 23. The average molecular weight is 854 g/mol. The molecule has 21 nitrogen and oxygen atoms in total. The van der Waals surface area contributed by atoms with Crippen molar-refractivity contribution in [3.63, 3.8) is 0 Å². The Bertz CT molecular complexity index is 1570. The van der Waals surface area contributed by atoms with Crippen LogP contribution in [-0.4, -0.2) is 195 Å². The Balaban J connectivity index is 2.00. The van der Waals surface area contributed by atoms with Crippen LogP contribution in [0.25, 0.3) is 0 Å². The van der Waals surface area contributed by atoms with Crippen molar-refractivity contribution in [2.45, 2.75) is 63.6 Å². The number of carboxylic acid groups (broad SMARTS) is 5. The highest BCUT2D eigenvalue weighted by Crippen LogP contribution is 2.16. The number of thiocarbonyl (C=S) groups is 1. The van der Waals surface area contributed by atoms with Crippen LogP contribution in [-0.2, 0) is 40.0 Å². The van der Waals surface area contributed by atoms with E-state index in [1.807, 2.05) is 12.1 Å². The predicted molar refractivity (Wildman–Crippen MR) is 219 cm³/mol. The minimum Gasteiger partial charge on any atom is -0.480 e. The fourth-order valence-corrected chi connectivity index (χ4v) is 6.53. The van der Waals surface area contributed by atoms with Gasteiger partial charge in [-0.15, -0.1) is 0 Å². The summed E-state index contributed by atoms with van der Waals surface area (Å²) in [5.41, 5.74) is 6.89. The third kappa shape index (κ3) is 22.7. The zero-order valence-electron chi connectivity index (χ0n) is 33.3. The molecule has 0 bridgehead atoms. The molecule has 1 saturated heterocycles. The van der Waals surface area contributed by atoms with E-state index in [0.29, 0.717) is 37.9 Å². The van der Waals surface area contributed by atoms with Crippen molar-refractivity contribution in [2.24, 2.45) is 5.73 Å². The highest BCUT2D eigenvalue weighted by molar-refractivity contribution is 7.80. The lowest BCUT2D eigenvalue weighted by molar-refractivity contribution is -0.142. The average Bonchev–Trinajstić information content (AvgIpc) is 3.14. The highest BCUT2D eigenvalue weighted by atomic mass is 32.1. The number of amides is 2. The van der Waals surface area contributed by atoms with Crippen LogP contribution in [0.1, 0.15) is 44.6 Å². The van der Waals surface area contributed by atoms with E-state index in [4.69, 9.17) is 23.1 Å². The summed E-state index contributed by atoms with van der Waals surface area (Å²) in [6.45, 7) is 2.33. The largest absolute Gasteiger partial charge is 0.480 e. The fraction of sp³-hybridized carbons (Fsp3) is 0.622. The van der Waals surface area contributed by atoms with Crippen LogP contribution in [0.4, 0.5) is 5.69 Å². The zero-order chi connectivity index (χ0) is 43.9. The molecule has 1 aromatic carbocycles. The topological polar surface area (TPSA) is 308 Å². The number of carboxylic acids is 5. The molecule has 2 unspecified atom stereocenters. The van der Waals surface area contributed by atoms with Crippen molar-refractivity contribution in [2.75, 3.05) is 90.4 Å². The van der Waals surface area contributed by atoms with Crippen molar-refractivity contribution < 1.29 is 59.1 Å². The number of carbonyl (C=O) groups excluding carboxylic acids is 2. The van der Waals surface area contributed by atoms with Gasteiger partial charge in [0.2, 0.25) is 11.8 Å². The minimum absolute atomic E-state index is 0.00571. The number of anilines is 1. The van der Waals surface area contributed by atoms with E-state index in [2.05, 4.69) is 21.3 Å². The van der Waals surface area contributed by atoms with Crippen LogP contribution in [0.15, 0.2) is 24.3 Å². The molecule has 2 amide bonds. The summed E-state index contributed by atoms with van der Waals surface area (Å²) in [6, 6.07) is 5.41. The SMILES string of the molecule is CC(CNC(=S)Nc1ccc(CC2CN(CC(=O)O)CCN(CC(=O)O)CCN(CC(=O)O)CCN2CC(=O)O)cc1)NC(=O)CCC(=O)NCCCC[C@H](N)C(=O)O. The lowest BCUT2D eigenvalue weighted by Crippen LogP contribution is -2.53. The maximum absolute atomic E-state index is 12.4. The first-order valence-electron chi connectivity index (χ1n) is 19.4. The summed E-state index contributed by atoms with van der Waals surface area (Å²) in [7, 11) is 0. The summed E-state index contributed by atoms with van der Waals surface area (Å²) in [5.74, 6) is -6.03. The number of hydrogen-bond donors (Lipinski definition) is 10. The van der Waals surface area contributed by atoms with Gasteiger partial charge in [-0.05, 0) is 62.5 Å². The first kappa shape index (κ1) is 50.1. The Morgan fingerprint density at radius 1 is 0.729 bits per heavy atom. The molecule has 1 aliphatic heterocycles. The Morgan fingerprint density at radius 3 is 1.81 bits per heavy atom. The second-order valence-corrected chi connectivity index (χ2v) is 14.9. The van der Waals surface area contributed by atoms with E-state index in [1.165, 1.54) is 0 Å². The van der Waals surface area contributed by atoms with Crippen LogP contribution in [0.5, 0.6) is 0 Å². The molecule has 0 radical (unpaired) electrons. The van der Waals surface area contributed by atoms with E-state index < -0.39 is 41.9 Å². The van der Waals surface area contributed by atoms with Gasteiger partial charge in [0.1, 0.15) is 6.04 Å². The zero-order valence-corrected chi connectivity index (χ0v) is 34.2. The van der Waals surface area contributed by atoms with Crippen LogP contribution in [0.3, 0.4) is 0 Å². The molecular formula is C37H59N9O12S. The molecule has 0 aromatic heterocycles. The van der Waals surface area contributed by atoms with Gasteiger partial charge in [0.05, 0.1) is 26.2 Å². The van der Waals surface area contributed by atoms with E-state index in [0.717, 1.165) is 5.56 Å². The van der Waals surface area contributed by atoms with Crippen molar-refractivity contribution >= 4 is 64.7 Å². The Morgan fingerprint density at radius 2 is 1.25 bits per heavy atom. The lowest BCUT2D eigenvalue weighted by Gasteiger charge is -2.37. The van der Waals surface area contributed by atoms with E-state index in [-0.39, 0.29) is 114 Å². The molecule has 1 aromatic rings. The fourth-order valence-electron chi connectivity index (χ4n) is 6.33. The monoisotopic (exact) mass is 853 g/mol. The number of unbranched alkanes of at least 4 members (excludes halogenated alkanes) is 1. The van der Waals surface area contributed by atoms with Crippen LogP contribution < -0.4 is 27.0 Å². The van der Waals surface area contributed by atoms with Crippen molar-refractivity contribution in [1.82, 2.24) is 35.6 Å². The second-order valence-electron chi connectivity index (χ2n) is 14.5. The molecule has 0 spiro atoms. The standard InChI is InChI=1S/C37H59N9O12S/c1-25(41-31(48)10-9-30(47)39-11-3-2-4-29(38)36(57)58)19-40-37(59)42-27-7-5-26(6-8-27)18-28-20-45(23-34(53)54)15-14-43(21-32(49)50)12-13-44(22-33(51)52)16-17-46(28)24-35(55)56/h5-8,25,28-29H,2-4,9-24,38H2,1H3,(H,39,47)(H,41,48)(H,49,50)(H,51,52)(H,53,54)(H,55,56)(H,57,58)(H2,40,42,59)/t25?,28?,29-/m0/s1. The number of nitrogens with two attached hydrogens (primary N) is 1. The molecular weight excluding hydrogens is 795 g/mol. The third-order valence-electron chi connectivity index (χ3n) is 9.39. The van der Waals surface area contributed by atoms with Gasteiger partial charge in [-0.2, -0.15) is 0 Å². The number of carbonyl (C=O) groups is 7. The molecule has 0 saturated carbocycles. The molecule has 0 aliphatic carbocycles. The Labute approximate surface area is 348 Å². The van der Waals surface area contributed by atoms with Gasteiger partial charge in [-0.3, -0.25) is 53.2 Å². The van der Waals surface area contributed by atoms with Gasteiger partial charge in [0.25, 0.3) is 0 Å². The summed E-state index contributed by atoms with van der Waals surface area (Å²) in [4.78, 5) is 88.9. The Kier molecular flexibility index (Phi) is 22.9. The van der Waals surface area contributed by atoms with Gasteiger partial charge in [-0.1, -0.05) is 12.1 Å². The number of benzene rings is 1. The summed E-state index contributed by atoms with van der Waals surface area (Å²) in [6.07, 6.45) is 1.71. The van der Waals surface area contributed by atoms with Crippen LogP contribution in [0, 0.1) is 0 Å². The van der Waals surface area contributed by atoms with E-state index in [1.54, 1.807) is 38.7 Å². The third-order valence-corrected chi connectivity index (χ3v) is 9.63. The summed E-state index contributed by atoms with van der Waals surface area (Å²) in [5, 5.41) is 59.2. The number of hydrogen-bond acceptors (Lipinski definition) is 13. The molecule has 1 aliphatic rings. The van der Waals surface area contributed by atoms with Crippen LogP contribution in [0.2, 0.25) is 0 Å². The van der Waals surface area contributed by atoms with Crippen LogP contribution >= 0.6 is 12.2 Å². The van der Waals surface area contributed by atoms with Gasteiger partial charge >= 0.3 is 29.8 Å². The quantitative estimate of drug-likeness (QED) is 0.0439. The van der Waals surface area contributed by atoms with Gasteiger partial charge in [0.15, 0.2) is 5.11 Å². The normalized spacial score (nSPS) is 17.3. The van der Waals surface area contributed by atoms with Crippen molar-refractivity contribution in [1.29, 1.82) is 0 Å². The number of nitrogens with one attached hydrogen (secondary N) is 4. The summed E-state index contributed by atoms with van der Waals surface area (Å²) >= 11 is 5.43. The van der Waals surface area contributed by atoms with E-state index >= 15 is 0 Å². The van der Waals surface area contributed by atoms with Crippen molar-refractivity contribution in [3.8, 4) is 0 Å². The first-order chi connectivity index (χ1) is 27.9. The van der Waals surface area contributed by atoms with Gasteiger partial charge in [-0.25, -0.2) is 0 Å². The Hall–Kier alpha value is -5.00. The second kappa shape index (κ2) is 26.9. The molecule has 1 heterocycles. The smallest absolute Gasteiger partial charge is 0.320 e. The predicted octanol–water partition coefficient (Wildman–Crippen LogP) is -1.57. The molecule has 3 atom stereocenters.